The summed E-state index contributed by atoms with van der Waals surface area (Å²) in [6, 6.07) is 13.4. The fraction of sp³-hybridized carbons (Fsp3) is 0.348. The van der Waals surface area contributed by atoms with Crippen LogP contribution >= 0.6 is 0 Å². The number of primary amides is 1. The Hall–Kier alpha value is -3.63. The van der Waals surface area contributed by atoms with E-state index in [2.05, 4.69) is 5.32 Å². The van der Waals surface area contributed by atoms with Gasteiger partial charge >= 0.3 is 6.03 Å². The first kappa shape index (κ1) is 22.6. The maximum absolute atomic E-state index is 13.9. The van der Waals surface area contributed by atoms with Crippen molar-refractivity contribution in [1.29, 1.82) is 0 Å². The first-order valence-corrected chi connectivity index (χ1v) is 10.5. The number of morpholine rings is 1. The first-order chi connectivity index (χ1) is 15.9. The van der Waals surface area contributed by atoms with Crippen molar-refractivity contribution in [2.45, 2.75) is 11.6 Å². The molecular weight excluding hydrogens is 428 g/mol. The molecule has 2 heterocycles. The summed E-state index contributed by atoms with van der Waals surface area (Å²) in [5, 5.41) is 2.90. The molecule has 0 spiro atoms. The molecule has 2 saturated heterocycles. The monoisotopic (exact) mass is 454 g/mol. The molecule has 4 amide bonds. The van der Waals surface area contributed by atoms with E-state index in [4.69, 9.17) is 19.9 Å². The number of rotatable bonds is 7. The summed E-state index contributed by atoms with van der Waals surface area (Å²) >= 11 is 0. The van der Waals surface area contributed by atoms with Crippen molar-refractivity contribution in [3.8, 4) is 11.5 Å². The number of nitrogens with two attached hydrogens (primary N) is 1. The molecule has 174 valence electrons. The maximum Gasteiger partial charge on any atom is 0.326 e. The summed E-state index contributed by atoms with van der Waals surface area (Å²) in [5.74, 6) is 0.249. The predicted octanol–water partition coefficient (Wildman–Crippen LogP) is 0.643. The zero-order valence-electron chi connectivity index (χ0n) is 18.4. The van der Waals surface area contributed by atoms with E-state index in [0.717, 1.165) is 4.90 Å². The van der Waals surface area contributed by atoms with E-state index in [0.29, 0.717) is 29.2 Å². The topological polar surface area (TPSA) is 123 Å². The lowest BCUT2D eigenvalue weighted by Gasteiger charge is -2.33. The van der Waals surface area contributed by atoms with Gasteiger partial charge in [0.2, 0.25) is 5.91 Å². The Morgan fingerprint density at radius 3 is 2.09 bits per heavy atom. The van der Waals surface area contributed by atoms with Crippen molar-refractivity contribution in [3.05, 3.63) is 59.7 Å². The summed E-state index contributed by atoms with van der Waals surface area (Å²) in [4.78, 5) is 41.4. The molecule has 2 aromatic rings. The number of hydrogen-bond donors (Lipinski definition) is 2. The molecule has 2 aliphatic rings. The molecule has 2 aromatic carbocycles. The number of imide groups is 1. The Morgan fingerprint density at radius 1 is 1.06 bits per heavy atom. The Balaban J connectivity index is 1.69. The summed E-state index contributed by atoms with van der Waals surface area (Å²) in [7, 11) is 3.11. The highest BCUT2D eigenvalue weighted by Gasteiger charge is 2.54. The van der Waals surface area contributed by atoms with Crippen LogP contribution in [0.3, 0.4) is 0 Å². The van der Waals surface area contributed by atoms with E-state index in [9.17, 15) is 14.4 Å². The molecule has 0 saturated carbocycles. The molecule has 1 atom stereocenters. The van der Waals surface area contributed by atoms with Gasteiger partial charge in [-0.1, -0.05) is 24.3 Å². The van der Waals surface area contributed by atoms with Crippen LogP contribution in [0, 0.1) is 0 Å². The van der Waals surface area contributed by atoms with Crippen molar-refractivity contribution in [1.82, 2.24) is 15.1 Å². The molecule has 0 bridgehead atoms. The number of nitrogens with zero attached hydrogens (tertiary/aromatic N) is 2. The van der Waals surface area contributed by atoms with E-state index in [1.54, 1.807) is 67.7 Å². The number of carbonyl (C=O) groups excluding carboxylic acids is 3. The molecule has 2 fully saturated rings. The number of nitrogens with one attached hydrogen (secondary N) is 1. The second-order valence-corrected chi connectivity index (χ2v) is 7.85. The second-order valence-electron chi connectivity index (χ2n) is 7.85. The van der Waals surface area contributed by atoms with Crippen molar-refractivity contribution < 1.29 is 28.6 Å². The molecule has 1 unspecified atom stereocenters. The van der Waals surface area contributed by atoms with E-state index in [-0.39, 0.29) is 19.8 Å². The normalized spacial score (nSPS) is 20.4. The van der Waals surface area contributed by atoms with Crippen LogP contribution in [0.5, 0.6) is 11.5 Å². The van der Waals surface area contributed by atoms with Crippen LogP contribution < -0.4 is 20.5 Å². The third kappa shape index (κ3) is 4.10. The van der Waals surface area contributed by atoms with E-state index in [1.807, 2.05) is 0 Å². The fourth-order valence-corrected chi connectivity index (χ4v) is 4.15. The van der Waals surface area contributed by atoms with Crippen LogP contribution in [-0.2, 0) is 19.9 Å². The van der Waals surface area contributed by atoms with Gasteiger partial charge in [0.25, 0.3) is 5.91 Å². The fourth-order valence-electron chi connectivity index (χ4n) is 4.15. The maximum atomic E-state index is 13.9. The summed E-state index contributed by atoms with van der Waals surface area (Å²) in [6.45, 7) is 0.939. The van der Waals surface area contributed by atoms with Crippen LogP contribution in [0.25, 0.3) is 0 Å². The number of ether oxygens (including phenoxy) is 3. The van der Waals surface area contributed by atoms with E-state index in [1.165, 1.54) is 0 Å². The smallest absolute Gasteiger partial charge is 0.326 e. The Bertz CT molecular complexity index is 992. The minimum Gasteiger partial charge on any atom is -0.497 e. The largest absolute Gasteiger partial charge is 0.497 e. The SMILES string of the molecule is COc1ccc(C2(c3ccc(OC)cc3)NC(=O)N(CN3CCOC(C(N)=O)C3)C2=O)cc1. The van der Waals surface area contributed by atoms with Gasteiger partial charge in [0.15, 0.2) is 5.54 Å². The highest BCUT2D eigenvalue weighted by Crippen LogP contribution is 2.37. The van der Waals surface area contributed by atoms with Crippen LogP contribution in [-0.4, -0.2) is 74.3 Å². The molecule has 10 nitrogen and oxygen atoms in total. The van der Waals surface area contributed by atoms with Crippen molar-refractivity contribution in [2.24, 2.45) is 5.73 Å². The van der Waals surface area contributed by atoms with Crippen molar-refractivity contribution in [3.63, 3.8) is 0 Å². The summed E-state index contributed by atoms with van der Waals surface area (Å²) < 4.78 is 15.9. The van der Waals surface area contributed by atoms with Gasteiger partial charge in [-0.15, -0.1) is 0 Å². The summed E-state index contributed by atoms with van der Waals surface area (Å²) in [6.07, 6.45) is -0.785. The minimum absolute atomic E-state index is 0.00582. The lowest BCUT2D eigenvalue weighted by atomic mass is 9.82. The molecule has 2 aliphatic heterocycles. The van der Waals surface area contributed by atoms with Gasteiger partial charge in [-0.05, 0) is 35.4 Å². The van der Waals surface area contributed by atoms with Gasteiger partial charge < -0.3 is 25.3 Å². The predicted molar refractivity (Wildman–Crippen MR) is 118 cm³/mol. The number of urea groups is 1. The van der Waals surface area contributed by atoms with Crippen LogP contribution in [0.1, 0.15) is 11.1 Å². The highest BCUT2D eigenvalue weighted by atomic mass is 16.5. The number of amides is 4. The molecule has 0 radical (unpaired) electrons. The molecule has 3 N–H and O–H groups in total. The summed E-state index contributed by atoms with van der Waals surface area (Å²) in [5.41, 5.74) is 5.12. The Kier molecular flexibility index (Phi) is 6.21. The zero-order valence-corrected chi connectivity index (χ0v) is 18.4. The van der Waals surface area contributed by atoms with E-state index < -0.39 is 29.5 Å². The Morgan fingerprint density at radius 2 is 1.61 bits per heavy atom. The van der Waals surface area contributed by atoms with Crippen molar-refractivity contribution in [2.75, 3.05) is 40.6 Å². The number of hydrogen-bond acceptors (Lipinski definition) is 7. The van der Waals surface area contributed by atoms with Crippen molar-refractivity contribution >= 4 is 17.8 Å². The molecule has 4 rings (SSSR count). The van der Waals surface area contributed by atoms with E-state index >= 15 is 0 Å². The lowest BCUT2D eigenvalue weighted by Crippen LogP contribution is -2.53. The average Bonchev–Trinajstić information content (AvgIpc) is 3.10. The van der Waals surface area contributed by atoms with Gasteiger partial charge in [0.1, 0.15) is 17.6 Å². The van der Waals surface area contributed by atoms with Gasteiger partial charge in [-0.3, -0.25) is 14.5 Å². The molecule has 0 aromatic heterocycles. The van der Waals surface area contributed by atoms with Gasteiger partial charge in [0.05, 0.1) is 27.5 Å². The van der Waals surface area contributed by atoms with Crippen LogP contribution in [0.2, 0.25) is 0 Å². The quantitative estimate of drug-likeness (QED) is 0.589. The van der Waals surface area contributed by atoms with Crippen LogP contribution in [0.15, 0.2) is 48.5 Å². The average molecular weight is 454 g/mol. The second kappa shape index (κ2) is 9.08. The molecule has 10 heteroatoms. The minimum atomic E-state index is -1.43. The third-order valence-corrected chi connectivity index (χ3v) is 5.96. The number of benzene rings is 2. The number of carbonyl (C=O) groups is 3. The molecular formula is C23H26N4O6. The van der Waals surface area contributed by atoms with Gasteiger partial charge in [-0.25, -0.2) is 9.69 Å². The zero-order chi connectivity index (χ0) is 23.6. The van der Waals surface area contributed by atoms with Gasteiger partial charge in [-0.2, -0.15) is 0 Å². The van der Waals surface area contributed by atoms with Gasteiger partial charge in [0, 0.05) is 13.1 Å². The standard InChI is InChI=1S/C23H26N4O6/c1-31-17-7-3-15(4-8-17)23(16-5-9-18(32-2)10-6-16)21(29)27(22(30)25-23)14-26-11-12-33-19(13-26)20(24)28/h3-10,19H,11-14H2,1-2H3,(H2,24,28)(H,25,30). The number of methoxy groups -OCH3 is 2. The molecule has 33 heavy (non-hydrogen) atoms. The third-order valence-electron chi connectivity index (χ3n) is 5.96. The lowest BCUT2D eigenvalue weighted by molar-refractivity contribution is -0.138. The molecule has 0 aliphatic carbocycles. The highest BCUT2D eigenvalue weighted by molar-refractivity contribution is 6.09. The Labute approximate surface area is 191 Å². The van der Waals surface area contributed by atoms with Crippen LogP contribution in [0.4, 0.5) is 4.79 Å². The first-order valence-electron chi connectivity index (χ1n) is 10.5.